The van der Waals surface area contributed by atoms with Crippen molar-refractivity contribution in [1.82, 2.24) is 10.6 Å². The van der Waals surface area contributed by atoms with Crippen molar-refractivity contribution in [3.8, 4) is 0 Å². The second-order valence-electron chi connectivity index (χ2n) is 4.89. The van der Waals surface area contributed by atoms with E-state index in [2.05, 4.69) is 10.6 Å². The summed E-state index contributed by atoms with van der Waals surface area (Å²) in [6.45, 7) is 3.38. The van der Waals surface area contributed by atoms with E-state index < -0.39 is 11.6 Å². The number of rotatable bonds is 6. The van der Waals surface area contributed by atoms with E-state index >= 15 is 0 Å². The predicted octanol–water partition coefficient (Wildman–Crippen LogP) is 1.97. The molecular weight excluding hydrogens is 266 g/mol. The highest BCUT2D eigenvalue weighted by molar-refractivity contribution is 5.74. The number of amides is 2. The molecule has 20 heavy (non-hydrogen) atoms. The maximum atomic E-state index is 13.0. The normalized spacial score (nSPS) is 13.7. The zero-order valence-corrected chi connectivity index (χ0v) is 11.6. The Bertz CT molecular complexity index is 455. The maximum Gasteiger partial charge on any atom is 0.315 e. The Morgan fingerprint density at radius 2 is 1.85 bits per heavy atom. The molecule has 0 aliphatic heterocycles. The minimum absolute atomic E-state index is 0.117. The van der Waals surface area contributed by atoms with Crippen LogP contribution in [0.15, 0.2) is 18.2 Å². The van der Waals surface area contributed by atoms with Crippen LogP contribution in [0.1, 0.15) is 25.8 Å². The number of nitrogens with one attached hydrogen (secondary N) is 2. The standard InChI is InChI=1S/C14H20F2N2O2/c1-9(17-14(20)18-10(2)8-19)3-4-11-5-6-12(15)13(16)7-11/h5-7,9-10,19H,3-4,8H2,1-2H3,(H2,17,18,20). The van der Waals surface area contributed by atoms with E-state index in [0.29, 0.717) is 18.4 Å². The molecule has 1 aromatic rings. The van der Waals surface area contributed by atoms with Gasteiger partial charge in [0.05, 0.1) is 12.6 Å². The van der Waals surface area contributed by atoms with Crippen molar-refractivity contribution in [3.63, 3.8) is 0 Å². The molecule has 4 nitrogen and oxygen atoms in total. The van der Waals surface area contributed by atoms with Gasteiger partial charge in [-0.25, -0.2) is 13.6 Å². The first-order valence-electron chi connectivity index (χ1n) is 6.54. The SMILES string of the molecule is CC(CO)NC(=O)NC(C)CCc1ccc(F)c(F)c1. The molecule has 0 heterocycles. The third kappa shape index (κ3) is 5.52. The molecule has 3 N–H and O–H groups in total. The van der Waals surface area contributed by atoms with Gasteiger partial charge in [-0.15, -0.1) is 0 Å². The van der Waals surface area contributed by atoms with Gasteiger partial charge in [0.1, 0.15) is 0 Å². The quantitative estimate of drug-likeness (QED) is 0.748. The van der Waals surface area contributed by atoms with Gasteiger partial charge in [-0.1, -0.05) is 6.07 Å². The summed E-state index contributed by atoms with van der Waals surface area (Å²) in [7, 11) is 0. The number of benzene rings is 1. The molecule has 0 aromatic heterocycles. The maximum absolute atomic E-state index is 13.0. The minimum atomic E-state index is -0.864. The van der Waals surface area contributed by atoms with Crippen LogP contribution in [0.2, 0.25) is 0 Å². The van der Waals surface area contributed by atoms with Crippen molar-refractivity contribution in [3.05, 3.63) is 35.4 Å². The average Bonchev–Trinajstić information content (AvgIpc) is 2.39. The average molecular weight is 286 g/mol. The van der Waals surface area contributed by atoms with Crippen LogP contribution in [-0.2, 0) is 6.42 Å². The molecule has 0 saturated heterocycles. The number of hydrogen-bond acceptors (Lipinski definition) is 2. The molecule has 2 atom stereocenters. The second-order valence-corrected chi connectivity index (χ2v) is 4.89. The van der Waals surface area contributed by atoms with Gasteiger partial charge in [-0.3, -0.25) is 0 Å². The van der Waals surface area contributed by atoms with Gasteiger partial charge < -0.3 is 15.7 Å². The fourth-order valence-electron chi connectivity index (χ4n) is 1.69. The second kappa shape index (κ2) is 7.79. The van der Waals surface area contributed by atoms with Crippen LogP contribution in [0.5, 0.6) is 0 Å². The van der Waals surface area contributed by atoms with Crippen molar-refractivity contribution < 1.29 is 18.7 Å². The highest BCUT2D eigenvalue weighted by Gasteiger charge is 2.10. The Kier molecular flexibility index (Phi) is 6.38. The topological polar surface area (TPSA) is 61.4 Å². The Hall–Kier alpha value is -1.69. The molecule has 0 radical (unpaired) electrons. The number of aliphatic hydroxyl groups is 1. The highest BCUT2D eigenvalue weighted by atomic mass is 19.2. The minimum Gasteiger partial charge on any atom is -0.394 e. The van der Waals surface area contributed by atoms with E-state index in [-0.39, 0.29) is 24.7 Å². The van der Waals surface area contributed by atoms with Gasteiger partial charge >= 0.3 is 6.03 Å². The number of urea groups is 1. The van der Waals surface area contributed by atoms with Crippen LogP contribution in [0, 0.1) is 11.6 Å². The first kappa shape index (κ1) is 16.4. The van der Waals surface area contributed by atoms with E-state index in [1.807, 2.05) is 6.92 Å². The summed E-state index contributed by atoms with van der Waals surface area (Å²) in [6, 6.07) is 3.00. The molecular formula is C14H20F2N2O2. The first-order chi connectivity index (χ1) is 9.42. The van der Waals surface area contributed by atoms with Crippen molar-refractivity contribution in [2.45, 2.75) is 38.8 Å². The smallest absolute Gasteiger partial charge is 0.315 e. The zero-order valence-electron chi connectivity index (χ0n) is 11.6. The van der Waals surface area contributed by atoms with Gasteiger partial charge in [0.2, 0.25) is 0 Å². The first-order valence-corrected chi connectivity index (χ1v) is 6.54. The molecule has 1 rings (SSSR count). The van der Waals surface area contributed by atoms with Crippen molar-refractivity contribution in [1.29, 1.82) is 0 Å². The number of carbonyl (C=O) groups excluding carboxylic acids is 1. The zero-order chi connectivity index (χ0) is 15.1. The van der Waals surface area contributed by atoms with Crippen molar-refractivity contribution >= 4 is 6.03 Å². The molecule has 6 heteroatoms. The summed E-state index contributed by atoms with van der Waals surface area (Å²) in [6.07, 6.45) is 1.14. The van der Waals surface area contributed by atoms with Gasteiger partial charge in [0.25, 0.3) is 0 Å². The van der Waals surface area contributed by atoms with Crippen LogP contribution < -0.4 is 10.6 Å². The largest absolute Gasteiger partial charge is 0.394 e. The van der Waals surface area contributed by atoms with E-state index in [1.54, 1.807) is 6.92 Å². The molecule has 1 aromatic carbocycles. The van der Waals surface area contributed by atoms with Crippen LogP contribution in [-0.4, -0.2) is 29.8 Å². The molecule has 2 unspecified atom stereocenters. The third-order valence-corrected chi connectivity index (χ3v) is 2.88. The van der Waals surface area contributed by atoms with Gasteiger partial charge in [0.15, 0.2) is 11.6 Å². The number of hydrogen-bond donors (Lipinski definition) is 3. The lowest BCUT2D eigenvalue weighted by molar-refractivity contribution is 0.217. The summed E-state index contributed by atoms with van der Waals surface area (Å²) >= 11 is 0. The number of halogens is 2. The third-order valence-electron chi connectivity index (χ3n) is 2.88. The summed E-state index contributed by atoms with van der Waals surface area (Å²) in [5.41, 5.74) is 0.682. The molecule has 0 fully saturated rings. The highest BCUT2D eigenvalue weighted by Crippen LogP contribution is 2.11. The summed E-state index contributed by atoms with van der Waals surface area (Å²) in [4.78, 5) is 11.5. The molecule has 0 aliphatic rings. The molecule has 0 aliphatic carbocycles. The fraction of sp³-hybridized carbons (Fsp3) is 0.500. The Labute approximate surface area is 117 Å². The summed E-state index contributed by atoms with van der Waals surface area (Å²) in [5, 5.41) is 14.1. The summed E-state index contributed by atoms with van der Waals surface area (Å²) < 4.78 is 25.8. The van der Waals surface area contributed by atoms with Crippen molar-refractivity contribution in [2.75, 3.05) is 6.61 Å². The van der Waals surface area contributed by atoms with Crippen LogP contribution in [0.25, 0.3) is 0 Å². The van der Waals surface area contributed by atoms with E-state index in [4.69, 9.17) is 5.11 Å². The Morgan fingerprint density at radius 3 is 2.45 bits per heavy atom. The van der Waals surface area contributed by atoms with Crippen molar-refractivity contribution in [2.24, 2.45) is 0 Å². The number of aliphatic hydroxyl groups excluding tert-OH is 1. The lowest BCUT2D eigenvalue weighted by atomic mass is 10.1. The van der Waals surface area contributed by atoms with Gasteiger partial charge in [0, 0.05) is 6.04 Å². The molecule has 0 bridgehead atoms. The molecule has 2 amide bonds. The Balaban J connectivity index is 2.37. The molecule has 112 valence electrons. The van der Waals surface area contributed by atoms with Crippen LogP contribution in [0.4, 0.5) is 13.6 Å². The fourth-order valence-corrected chi connectivity index (χ4v) is 1.69. The lowest BCUT2D eigenvalue weighted by Gasteiger charge is -2.17. The molecule has 0 saturated carbocycles. The lowest BCUT2D eigenvalue weighted by Crippen LogP contribution is -2.45. The van der Waals surface area contributed by atoms with Gasteiger partial charge in [-0.2, -0.15) is 0 Å². The van der Waals surface area contributed by atoms with E-state index in [0.717, 1.165) is 12.1 Å². The van der Waals surface area contributed by atoms with E-state index in [9.17, 15) is 13.6 Å². The van der Waals surface area contributed by atoms with Crippen LogP contribution >= 0.6 is 0 Å². The predicted molar refractivity (Wildman–Crippen MR) is 72.4 cm³/mol. The monoisotopic (exact) mass is 286 g/mol. The Morgan fingerprint density at radius 1 is 1.20 bits per heavy atom. The summed E-state index contributed by atoms with van der Waals surface area (Å²) in [5.74, 6) is -1.73. The van der Waals surface area contributed by atoms with E-state index in [1.165, 1.54) is 6.07 Å². The van der Waals surface area contributed by atoms with Gasteiger partial charge in [-0.05, 0) is 44.4 Å². The van der Waals surface area contributed by atoms with Crippen LogP contribution in [0.3, 0.4) is 0 Å². The number of aryl methyl sites for hydroxylation is 1. The molecule has 0 spiro atoms. The number of carbonyl (C=O) groups is 1.